The Morgan fingerprint density at radius 2 is 2.12 bits per heavy atom. The molecule has 1 fully saturated rings. The number of benzene rings is 1. The molecule has 2 heterocycles. The van der Waals surface area contributed by atoms with Crippen LogP contribution in [0, 0.1) is 5.82 Å². The molecule has 2 aliphatic heterocycles. The van der Waals surface area contributed by atoms with Crippen LogP contribution in [0.15, 0.2) is 12.1 Å². The van der Waals surface area contributed by atoms with Gasteiger partial charge in [0, 0.05) is 17.7 Å². The van der Waals surface area contributed by atoms with Gasteiger partial charge in [-0.3, -0.25) is 0 Å². The Morgan fingerprint density at radius 1 is 1.25 bits per heavy atom. The van der Waals surface area contributed by atoms with E-state index in [0.29, 0.717) is 24.7 Å². The average Bonchev–Trinajstić information content (AvgIpc) is 2.81. The smallest absolute Gasteiger partial charge is 0.166 e. The van der Waals surface area contributed by atoms with Crippen molar-refractivity contribution in [1.82, 2.24) is 5.32 Å². The minimum atomic E-state index is -0.257. The Bertz CT molecular complexity index is 402. The van der Waals surface area contributed by atoms with Crippen molar-refractivity contribution in [3.63, 3.8) is 0 Å². The van der Waals surface area contributed by atoms with Gasteiger partial charge in [0.25, 0.3) is 0 Å². The zero-order valence-electron chi connectivity index (χ0n) is 8.96. The summed E-state index contributed by atoms with van der Waals surface area (Å²) in [4.78, 5) is 0. The second-order valence-corrected chi connectivity index (χ2v) is 4.17. The monoisotopic (exact) mass is 223 g/mol. The number of nitrogens with one attached hydrogen (secondary N) is 1. The van der Waals surface area contributed by atoms with Crippen LogP contribution >= 0.6 is 0 Å². The highest BCUT2D eigenvalue weighted by Gasteiger charge is 2.25. The molecule has 3 nitrogen and oxygen atoms in total. The highest BCUT2D eigenvalue weighted by molar-refractivity contribution is 5.49. The van der Waals surface area contributed by atoms with Crippen molar-refractivity contribution in [2.24, 2.45) is 0 Å². The van der Waals surface area contributed by atoms with Crippen molar-refractivity contribution in [1.29, 1.82) is 0 Å². The van der Waals surface area contributed by atoms with E-state index < -0.39 is 0 Å². The summed E-state index contributed by atoms with van der Waals surface area (Å²) in [6, 6.07) is 3.15. The van der Waals surface area contributed by atoms with Gasteiger partial charge in [0.1, 0.15) is 19.0 Å². The average molecular weight is 223 g/mol. The number of ether oxygens (including phenoxy) is 2. The highest BCUT2D eigenvalue weighted by Crippen LogP contribution is 2.40. The van der Waals surface area contributed by atoms with Crippen molar-refractivity contribution in [2.75, 3.05) is 19.8 Å². The van der Waals surface area contributed by atoms with Crippen molar-refractivity contribution in [2.45, 2.75) is 18.9 Å². The Balaban J connectivity index is 2.04. The van der Waals surface area contributed by atoms with Gasteiger partial charge in [-0.05, 0) is 25.5 Å². The lowest BCUT2D eigenvalue weighted by molar-refractivity contribution is 0.168. The molecule has 0 spiro atoms. The maximum Gasteiger partial charge on any atom is 0.166 e. The van der Waals surface area contributed by atoms with E-state index in [2.05, 4.69) is 5.32 Å². The summed E-state index contributed by atoms with van der Waals surface area (Å²) in [5.74, 6) is 0.995. The summed E-state index contributed by atoms with van der Waals surface area (Å²) < 4.78 is 24.4. The summed E-state index contributed by atoms with van der Waals surface area (Å²) >= 11 is 0. The third kappa shape index (κ3) is 1.63. The van der Waals surface area contributed by atoms with Crippen LogP contribution in [0.4, 0.5) is 4.39 Å². The fourth-order valence-corrected chi connectivity index (χ4v) is 2.35. The number of fused-ring (bicyclic) bond motifs is 1. The lowest BCUT2D eigenvalue weighted by Crippen LogP contribution is -2.20. The zero-order chi connectivity index (χ0) is 11.0. The minimum absolute atomic E-state index is 0.200. The first-order valence-electron chi connectivity index (χ1n) is 5.67. The molecule has 1 atom stereocenters. The van der Waals surface area contributed by atoms with E-state index in [1.807, 2.05) is 0 Å². The molecule has 1 saturated heterocycles. The largest absolute Gasteiger partial charge is 0.486 e. The molecule has 1 N–H and O–H groups in total. The van der Waals surface area contributed by atoms with Crippen molar-refractivity contribution >= 4 is 0 Å². The number of halogens is 1. The summed E-state index contributed by atoms with van der Waals surface area (Å²) in [5, 5.41) is 3.35. The SMILES string of the molecule is Fc1cc2c(c([C@H]3CCCN3)c1)OCCO2. The normalized spacial score (nSPS) is 23.4. The Hall–Kier alpha value is -1.29. The maximum absolute atomic E-state index is 13.4. The zero-order valence-corrected chi connectivity index (χ0v) is 8.96. The van der Waals surface area contributed by atoms with E-state index in [9.17, 15) is 4.39 Å². The number of rotatable bonds is 1. The van der Waals surface area contributed by atoms with Crippen molar-refractivity contribution in [3.05, 3.63) is 23.5 Å². The summed E-state index contributed by atoms with van der Waals surface area (Å²) in [5.41, 5.74) is 0.896. The molecule has 0 aliphatic carbocycles. The second kappa shape index (κ2) is 3.94. The van der Waals surface area contributed by atoms with E-state index in [0.717, 1.165) is 24.9 Å². The third-order valence-corrected chi connectivity index (χ3v) is 3.07. The first-order valence-corrected chi connectivity index (χ1v) is 5.67. The molecule has 0 bridgehead atoms. The first kappa shape index (κ1) is 9.90. The van der Waals surface area contributed by atoms with Crippen LogP contribution in [0.1, 0.15) is 24.4 Å². The lowest BCUT2D eigenvalue weighted by Gasteiger charge is -2.23. The maximum atomic E-state index is 13.4. The highest BCUT2D eigenvalue weighted by atomic mass is 19.1. The number of hydrogen-bond acceptors (Lipinski definition) is 3. The summed E-state index contributed by atoms with van der Waals surface area (Å²) in [6.45, 7) is 2.02. The molecule has 0 saturated carbocycles. The van der Waals surface area contributed by atoms with Crippen LogP contribution in [0.2, 0.25) is 0 Å². The minimum Gasteiger partial charge on any atom is -0.486 e. The molecule has 0 unspecified atom stereocenters. The molecule has 2 aliphatic rings. The predicted octanol–water partition coefficient (Wildman–Crippen LogP) is 2.02. The van der Waals surface area contributed by atoms with Crippen LogP contribution in [0.25, 0.3) is 0 Å². The summed E-state index contributed by atoms with van der Waals surface area (Å²) in [7, 11) is 0. The van der Waals surface area contributed by atoms with E-state index in [1.165, 1.54) is 6.07 Å². The third-order valence-electron chi connectivity index (χ3n) is 3.07. The molecule has 16 heavy (non-hydrogen) atoms. The fourth-order valence-electron chi connectivity index (χ4n) is 2.35. The van der Waals surface area contributed by atoms with Gasteiger partial charge in [-0.2, -0.15) is 0 Å². The van der Waals surface area contributed by atoms with Crippen LogP contribution in [-0.4, -0.2) is 19.8 Å². The van der Waals surface area contributed by atoms with Crippen LogP contribution in [0.5, 0.6) is 11.5 Å². The topological polar surface area (TPSA) is 30.5 Å². The molecule has 1 aromatic carbocycles. The van der Waals surface area contributed by atoms with Crippen LogP contribution in [0.3, 0.4) is 0 Å². The first-order chi connectivity index (χ1) is 7.84. The Kier molecular flexibility index (Phi) is 2.44. The van der Waals surface area contributed by atoms with E-state index in [1.54, 1.807) is 6.07 Å². The quantitative estimate of drug-likeness (QED) is 0.790. The van der Waals surface area contributed by atoms with E-state index >= 15 is 0 Å². The summed E-state index contributed by atoms with van der Waals surface area (Å²) in [6.07, 6.45) is 2.15. The van der Waals surface area contributed by atoms with E-state index in [-0.39, 0.29) is 11.9 Å². The lowest BCUT2D eigenvalue weighted by atomic mass is 10.0. The van der Waals surface area contributed by atoms with Gasteiger partial charge in [0.05, 0.1) is 0 Å². The predicted molar refractivity (Wildman–Crippen MR) is 57.4 cm³/mol. The standard InChI is InChI=1S/C12H14FNO2/c13-8-6-9(10-2-1-3-14-10)12-11(7-8)15-4-5-16-12/h6-7,10,14H,1-5H2/t10-/m1/s1. The second-order valence-electron chi connectivity index (χ2n) is 4.17. The van der Waals surface area contributed by atoms with E-state index in [4.69, 9.17) is 9.47 Å². The molecular formula is C12H14FNO2. The molecule has 86 valence electrons. The van der Waals surface area contributed by atoms with Crippen molar-refractivity contribution in [3.8, 4) is 11.5 Å². The van der Waals surface area contributed by atoms with Gasteiger partial charge in [-0.1, -0.05) is 0 Å². The van der Waals surface area contributed by atoms with Gasteiger partial charge in [0.2, 0.25) is 0 Å². The molecule has 1 aromatic rings. The van der Waals surface area contributed by atoms with Crippen LogP contribution < -0.4 is 14.8 Å². The fraction of sp³-hybridized carbons (Fsp3) is 0.500. The Labute approximate surface area is 93.6 Å². The van der Waals surface area contributed by atoms with Crippen LogP contribution in [-0.2, 0) is 0 Å². The molecule has 4 heteroatoms. The van der Waals surface area contributed by atoms with Gasteiger partial charge >= 0.3 is 0 Å². The number of hydrogen-bond donors (Lipinski definition) is 1. The van der Waals surface area contributed by atoms with Gasteiger partial charge in [-0.25, -0.2) is 4.39 Å². The van der Waals surface area contributed by atoms with Gasteiger partial charge < -0.3 is 14.8 Å². The molecule has 0 amide bonds. The van der Waals surface area contributed by atoms with Crippen molar-refractivity contribution < 1.29 is 13.9 Å². The molecule has 3 rings (SSSR count). The van der Waals surface area contributed by atoms with Gasteiger partial charge in [-0.15, -0.1) is 0 Å². The molecule has 0 aromatic heterocycles. The molecular weight excluding hydrogens is 209 g/mol. The van der Waals surface area contributed by atoms with Gasteiger partial charge in [0.15, 0.2) is 11.5 Å². The molecule has 0 radical (unpaired) electrons. The Morgan fingerprint density at radius 3 is 2.94 bits per heavy atom.